The van der Waals surface area contributed by atoms with Crippen LogP contribution in [0.5, 0.6) is 0 Å². The van der Waals surface area contributed by atoms with Gasteiger partial charge in [0.15, 0.2) is 0 Å². The van der Waals surface area contributed by atoms with E-state index in [2.05, 4.69) is 22.1 Å². The number of piperazine rings is 1. The van der Waals surface area contributed by atoms with E-state index in [-0.39, 0.29) is 6.01 Å². The highest BCUT2D eigenvalue weighted by molar-refractivity contribution is 5.28. The zero-order chi connectivity index (χ0) is 9.26. The molecule has 72 valence electrons. The number of hydrogen-bond acceptors (Lipinski definition) is 6. The van der Waals surface area contributed by atoms with E-state index in [0.717, 1.165) is 26.2 Å². The fourth-order valence-electron chi connectivity index (χ4n) is 1.35. The first-order valence-electron chi connectivity index (χ1n) is 4.28. The Labute approximate surface area is 76.3 Å². The average molecular weight is 183 g/mol. The molecule has 1 aromatic rings. The number of hydrogen-bond donors (Lipinski definition) is 1. The number of rotatable bonds is 1. The number of aromatic nitrogens is 2. The van der Waals surface area contributed by atoms with Crippen LogP contribution >= 0.6 is 0 Å². The number of nitrogens with two attached hydrogens (primary N) is 1. The third-order valence-corrected chi connectivity index (χ3v) is 2.20. The lowest BCUT2D eigenvalue weighted by molar-refractivity contribution is 0.305. The summed E-state index contributed by atoms with van der Waals surface area (Å²) >= 11 is 0. The first-order valence-corrected chi connectivity index (χ1v) is 4.28. The molecule has 2 rings (SSSR count). The molecule has 0 radical (unpaired) electrons. The molecule has 13 heavy (non-hydrogen) atoms. The Balaban J connectivity index is 2.02. The number of nitrogen functional groups attached to an aromatic ring is 1. The summed E-state index contributed by atoms with van der Waals surface area (Å²) < 4.78 is 5.12. The lowest BCUT2D eigenvalue weighted by atomic mass is 10.3. The first-order chi connectivity index (χ1) is 6.25. The summed E-state index contributed by atoms with van der Waals surface area (Å²) in [5.41, 5.74) is 5.34. The third-order valence-electron chi connectivity index (χ3n) is 2.20. The molecule has 1 fully saturated rings. The van der Waals surface area contributed by atoms with Crippen LogP contribution in [0.15, 0.2) is 4.42 Å². The molecule has 0 aromatic carbocycles. The van der Waals surface area contributed by atoms with Crippen molar-refractivity contribution in [3.05, 3.63) is 0 Å². The summed E-state index contributed by atoms with van der Waals surface area (Å²) in [4.78, 5) is 4.31. The molecule has 1 aliphatic heterocycles. The van der Waals surface area contributed by atoms with Crippen LogP contribution < -0.4 is 10.6 Å². The van der Waals surface area contributed by atoms with Gasteiger partial charge < -0.3 is 20.0 Å². The average Bonchev–Trinajstić information content (AvgIpc) is 2.53. The molecule has 0 amide bonds. The molecule has 6 nitrogen and oxygen atoms in total. The van der Waals surface area contributed by atoms with Gasteiger partial charge in [-0.05, 0) is 7.05 Å². The Morgan fingerprint density at radius 2 is 1.92 bits per heavy atom. The highest BCUT2D eigenvalue weighted by Crippen LogP contribution is 2.14. The number of anilines is 2. The topological polar surface area (TPSA) is 71.4 Å². The normalized spacial score (nSPS) is 19.3. The van der Waals surface area contributed by atoms with Gasteiger partial charge in [0, 0.05) is 26.2 Å². The molecule has 2 N–H and O–H groups in total. The Morgan fingerprint density at radius 3 is 2.46 bits per heavy atom. The second-order valence-electron chi connectivity index (χ2n) is 3.21. The molecular formula is C7H13N5O. The predicted octanol–water partition coefficient (Wildman–Crippen LogP) is -0.596. The minimum Gasteiger partial charge on any atom is -0.390 e. The third kappa shape index (κ3) is 1.72. The van der Waals surface area contributed by atoms with Crippen molar-refractivity contribution in [3.63, 3.8) is 0 Å². The van der Waals surface area contributed by atoms with Crippen molar-refractivity contribution in [1.29, 1.82) is 0 Å². The molecule has 2 heterocycles. The SMILES string of the molecule is CN1CCN(c2nnc(N)o2)CC1. The smallest absolute Gasteiger partial charge is 0.319 e. The van der Waals surface area contributed by atoms with Crippen LogP contribution in [0.25, 0.3) is 0 Å². The maximum absolute atomic E-state index is 5.34. The molecule has 1 saturated heterocycles. The van der Waals surface area contributed by atoms with Gasteiger partial charge in [0.25, 0.3) is 0 Å². The van der Waals surface area contributed by atoms with E-state index in [0.29, 0.717) is 6.01 Å². The van der Waals surface area contributed by atoms with Crippen molar-refractivity contribution < 1.29 is 4.42 Å². The summed E-state index contributed by atoms with van der Waals surface area (Å²) in [7, 11) is 2.10. The van der Waals surface area contributed by atoms with E-state index < -0.39 is 0 Å². The standard InChI is InChI=1S/C7H13N5O/c1-11-2-4-12(5-3-11)7-10-9-6(8)13-7/h2-5H2,1H3,(H2,8,9). The van der Waals surface area contributed by atoms with E-state index >= 15 is 0 Å². The van der Waals surface area contributed by atoms with Crippen LogP contribution in [0.4, 0.5) is 12.0 Å². The molecule has 0 unspecified atom stereocenters. The van der Waals surface area contributed by atoms with E-state index in [1.807, 2.05) is 4.90 Å². The molecule has 1 aliphatic rings. The number of nitrogens with zero attached hydrogens (tertiary/aromatic N) is 4. The zero-order valence-electron chi connectivity index (χ0n) is 7.60. The molecule has 0 bridgehead atoms. The van der Waals surface area contributed by atoms with Gasteiger partial charge in [-0.1, -0.05) is 10.2 Å². The Hall–Kier alpha value is -1.30. The van der Waals surface area contributed by atoms with Gasteiger partial charge in [-0.15, -0.1) is 0 Å². The quantitative estimate of drug-likeness (QED) is 0.627. The molecule has 0 atom stereocenters. The van der Waals surface area contributed by atoms with Crippen LogP contribution in [0.2, 0.25) is 0 Å². The largest absolute Gasteiger partial charge is 0.390 e. The van der Waals surface area contributed by atoms with E-state index in [9.17, 15) is 0 Å². The first kappa shape index (κ1) is 8.31. The highest BCUT2D eigenvalue weighted by atomic mass is 16.4. The predicted molar refractivity (Wildman–Crippen MR) is 48.4 cm³/mol. The van der Waals surface area contributed by atoms with Crippen molar-refractivity contribution in [3.8, 4) is 0 Å². The second kappa shape index (κ2) is 3.21. The Morgan fingerprint density at radius 1 is 1.23 bits per heavy atom. The molecule has 0 saturated carbocycles. The molecule has 1 aromatic heterocycles. The van der Waals surface area contributed by atoms with Gasteiger partial charge in [-0.3, -0.25) is 0 Å². The lowest BCUT2D eigenvalue weighted by Gasteiger charge is -2.30. The van der Waals surface area contributed by atoms with Crippen molar-refractivity contribution in [2.45, 2.75) is 0 Å². The minimum atomic E-state index is 0.133. The van der Waals surface area contributed by atoms with Crippen LogP contribution in [0, 0.1) is 0 Å². The van der Waals surface area contributed by atoms with Crippen LogP contribution in [0.3, 0.4) is 0 Å². The van der Waals surface area contributed by atoms with E-state index in [1.54, 1.807) is 0 Å². The van der Waals surface area contributed by atoms with Gasteiger partial charge in [0.05, 0.1) is 0 Å². The van der Waals surface area contributed by atoms with Crippen LogP contribution in [-0.4, -0.2) is 48.3 Å². The van der Waals surface area contributed by atoms with Crippen LogP contribution in [-0.2, 0) is 0 Å². The van der Waals surface area contributed by atoms with Gasteiger partial charge in [0.1, 0.15) is 0 Å². The summed E-state index contributed by atoms with van der Waals surface area (Å²) in [5.74, 6) is 0. The maximum Gasteiger partial charge on any atom is 0.319 e. The fraction of sp³-hybridized carbons (Fsp3) is 0.714. The maximum atomic E-state index is 5.34. The Kier molecular flexibility index (Phi) is 2.05. The van der Waals surface area contributed by atoms with Gasteiger partial charge in [-0.2, -0.15) is 0 Å². The van der Waals surface area contributed by atoms with E-state index in [4.69, 9.17) is 10.2 Å². The van der Waals surface area contributed by atoms with Crippen molar-refractivity contribution >= 4 is 12.0 Å². The van der Waals surface area contributed by atoms with Gasteiger partial charge in [-0.25, -0.2) is 0 Å². The fourth-order valence-corrected chi connectivity index (χ4v) is 1.35. The Bertz CT molecular complexity index is 278. The van der Waals surface area contributed by atoms with Crippen molar-refractivity contribution in [1.82, 2.24) is 15.1 Å². The summed E-state index contributed by atoms with van der Waals surface area (Å²) in [5, 5.41) is 7.45. The second-order valence-corrected chi connectivity index (χ2v) is 3.21. The number of likely N-dealkylation sites (N-methyl/N-ethyl adjacent to an activating group) is 1. The summed E-state index contributed by atoms with van der Waals surface area (Å²) in [6.07, 6.45) is 0. The van der Waals surface area contributed by atoms with Gasteiger partial charge >= 0.3 is 12.0 Å². The zero-order valence-corrected chi connectivity index (χ0v) is 7.60. The minimum absolute atomic E-state index is 0.133. The van der Waals surface area contributed by atoms with Crippen molar-refractivity contribution in [2.75, 3.05) is 43.9 Å². The highest BCUT2D eigenvalue weighted by Gasteiger charge is 2.18. The monoisotopic (exact) mass is 183 g/mol. The molecule has 0 aliphatic carbocycles. The van der Waals surface area contributed by atoms with Crippen LogP contribution in [0.1, 0.15) is 0 Å². The summed E-state index contributed by atoms with van der Waals surface area (Å²) in [6.45, 7) is 3.86. The van der Waals surface area contributed by atoms with E-state index in [1.165, 1.54) is 0 Å². The van der Waals surface area contributed by atoms with Crippen molar-refractivity contribution in [2.24, 2.45) is 0 Å². The molecular weight excluding hydrogens is 170 g/mol. The summed E-state index contributed by atoms with van der Waals surface area (Å²) in [6, 6.07) is 0.666. The molecule has 6 heteroatoms. The lowest BCUT2D eigenvalue weighted by Crippen LogP contribution is -2.44. The van der Waals surface area contributed by atoms with Gasteiger partial charge in [0.2, 0.25) is 0 Å². The molecule has 0 spiro atoms.